The van der Waals surface area contributed by atoms with E-state index in [1.54, 1.807) is 6.08 Å². The van der Waals surface area contributed by atoms with Crippen LogP contribution in [-0.4, -0.2) is 155 Å². The van der Waals surface area contributed by atoms with Crippen LogP contribution in [0.5, 0.6) is 0 Å². The SMILES string of the molecule is CCCCCCCCCCCCC/C=C/C(=O)N[C@H]1[C@H](O[C@H]2O[C@H](CO)[C@@H](O)[C@H](O)[C@H]2NC(C)=O)O[C@H](CC(O)[C@H]2O[C@@H](n3ccc(=O)[nH]c3=O)[C@H](O)[C@@H]2O)[C@H](O)[C@@H]1O. The van der Waals surface area contributed by atoms with Crippen LogP contribution in [0.25, 0.3) is 0 Å². The number of aliphatic hydroxyl groups is 8. The lowest BCUT2D eigenvalue weighted by molar-refractivity contribution is -0.346. The summed E-state index contributed by atoms with van der Waals surface area (Å²) in [4.78, 5) is 51.1. The van der Waals surface area contributed by atoms with Crippen molar-refractivity contribution in [1.82, 2.24) is 20.2 Å². The van der Waals surface area contributed by atoms with E-state index in [0.717, 1.165) is 49.4 Å². The van der Waals surface area contributed by atoms with Gasteiger partial charge in [0, 0.05) is 25.6 Å². The van der Waals surface area contributed by atoms with Gasteiger partial charge in [0.05, 0.1) is 18.8 Å². The number of H-pyrrole nitrogens is 1. The van der Waals surface area contributed by atoms with E-state index in [0.29, 0.717) is 6.42 Å². The Morgan fingerprint density at radius 1 is 0.797 bits per heavy atom. The highest BCUT2D eigenvalue weighted by Crippen LogP contribution is 2.34. The van der Waals surface area contributed by atoms with Crippen LogP contribution in [-0.2, 0) is 28.5 Å². The molecule has 0 radical (unpaired) electrons. The number of hydrogen-bond acceptors (Lipinski definition) is 16. The van der Waals surface area contributed by atoms with E-state index in [-0.39, 0.29) is 0 Å². The number of aliphatic hydroxyl groups excluding tert-OH is 8. The van der Waals surface area contributed by atoms with Crippen molar-refractivity contribution < 1.29 is 69.4 Å². The maximum atomic E-state index is 13.1. The number of carbonyl (C=O) groups excluding carboxylic acids is 2. The highest BCUT2D eigenvalue weighted by atomic mass is 16.8. The molecule has 0 spiro atoms. The summed E-state index contributed by atoms with van der Waals surface area (Å²) in [5.74, 6) is -1.35. The number of unbranched alkanes of at least 4 members (excludes halogenated alkanes) is 11. The summed E-state index contributed by atoms with van der Waals surface area (Å²) in [6.45, 7) is 2.55. The first-order valence-electron chi connectivity index (χ1n) is 20.7. The number of carbonyl (C=O) groups is 2. The molecule has 0 bridgehead atoms. The van der Waals surface area contributed by atoms with E-state index in [1.165, 1.54) is 51.0 Å². The average molecular weight is 845 g/mol. The van der Waals surface area contributed by atoms with Gasteiger partial charge in [0.1, 0.15) is 60.9 Å². The number of amides is 2. The molecular weight excluding hydrogens is 780 g/mol. The number of ether oxygens (including phenoxy) is 4. The molecule has 59 heavy (non-hydrogen) atoms. The predicted octanol–water partition coefficient (Wildman–Crippen LogP) is -1.94. The summed E-state index contributed by atoms with van der Waals surface area (Å²) in [6.07, 6.45) is -5.00. The molecule has 15 atom stereocenters. The number of nitrogens with zero attached hydrogens (tertiary/aromatic N) is 1. The second kappa shape index (κ2) is 23.8. The van der Waals surface area contributed by atoms with E-state index in [1.807, 2.05) is 4.98 Å². The monoisotopic (exact) mass is 844 g/mol. The van der Waals surface area contributed by atoms with Crippen LogP contribution in [0.3, 0.4) is 0 Å². The molecule has 4 heterocycles. The van der Waals surface area contributed by atoms with Crippen LogP contribution >= 0.6 is 0 Å². The quantitative estimate of drug-likeness (QED) is 0.0447. The van der Waals surface area contributed by atoms with Gasteiger partial charge in [0.25, 0.3) is 5.56 Å². The third-order valence-electron chi connectivity index (χ3n) is 11.0. The Morgan fingerprint density at radius 3 is 1.93 bits per heavy atom. The topological polar surface area (TPSA) is 312 Å². The average Bonchev–Trinajstić information content (AvgIpc) is 3.49. The van der Waals surface area contributed by atoms with Gasteiger partial charge >= 0.3 is 5.69 Å². The summed E-state index contributed by atoms with van der Waals surface area (Å²) < 4.78 is 24.1. The summed E-state index contributed by atoms with van der Waals surface area (Å²) in [6, 6.07) is -2.01. The third kappa shape index (κ3) is 13.4. The number of hydrogen-bond donors (Lipinski definition) is 11. The maximum Gasteiger partial charge on any atom is 0.330 e. The van der Waals surface area contributed by atoms with Crippen molar-refractivity contribution in [2.24, 2.45) is 0 Å². The molecule has 0 aromatic carbocycles. The molecule has 336 valence electrons. The Morgan fingerprint density at radius 2 is 1.36 bits per heavy atom. The van der Waals surface area contributed by atoms with E-state index >= 15 is 0 Å². The smallest absolute Gasteiger partial charge is 0.330 e. The second-order valence-corrected chi connectivity index (χ2v) is 15.6. The van der Waals surface area contributed by atoms with Crippen LogP contribution in [0.4, 0.5) is 0 Å². The lowest BCUT2D eigenvalue weighted by atomic mass is 9.91. The summed E-state index contributed by atoms with van der Waals surface area (Å²) >= 11 is 0. The Hall–Kier alpha value is -3.12. The molecule has 11 N–H and O–H groups in total. The Kier molecular flexibility index (Phi) is 19.6. The zero-order valence-electron chi connectivity index (χ0n) is 33.7. The van der Waals surface area contributed by atoms with Gasteiger partial charge < -0.3 is 70.4 Å². The van der Waals surface area contributed by atoms with E-state index in [2.05, 4.69) is 17.6 Å². The minimum absolute atomic E-state index is 0.597. The van der Waals surface area contributed by atoms with Crippen molar-refractivity contribution in [2.45, 2.75) is 189 Å². The second-order valence-electron chi connectivity index (χ2n) is 15.6. The normalized spacial score (nSPS) is 34.2. The van der Waals surface area contributed by atoms with Crippen LogP contribution in [0.1, 0.15) is 104 Å². The first kappa shape index (κ1) is 48.5. The fraction of sp³-hybridized carbons (Fsp3) is 0.795. The molecule has 0 saturated carbocycles. The molecule has 1 unspecified atom stereocenters. The van der Waals surface area contributed by atoms with Crippen molar-refractivity contribution in [2.75, 3.05) is 6.61 Å². The zero-order chi connectivity index (χ0) is 43.2. The third-order valence-corrected chi connectivity index (χ3v) is 11.0. The van der Waals surface area contributed by atoms with Gasteiger partial charge in [-0.25, -0.2) is 4.79 Å². The number of rotatable bonds is 22. The van der Waals surface area contributed by atoms with Crippen molar-refractivity contribution in [3.8, 4) is 0 Å². The molecule has 0 aliphatic carbocycles. The van der Waals surface area contributed by atoms with Gasteiger partial charge in [-0.05, 0) is 18.9 Å². The lowest BCUT2D eigenvalue weighted by Gasteiger charge is -2.47. The minimum Gasteiger partial charge on any atom is -0.394 e. The van der Waals surface area contributed by atoms with Crippen molar-refractivity contribution in [1.29, 1.82) is 0 Å². The standard InChI is InChI=1S/C39H64N4O16/c1-3-4-5-6-7-8-9-10-11-12-13-14-15-16-25(47)41-28-32(52)29(49)23(56-38(28)59-37-27(40-21(2)45)31(51)30(50)24(20-44)57-37)19-22(46)35-33(53)34(54)36(58-35)43-18-17-26(48)42-39(43)55/h15-18,22-24,27-38,44,46,49-54H,3-14,19-20H2,1-2H3,(H,40,45)(H,41,47)(H,42,48,55)/b16-15+/t22?,23-,24-,27-,28-,29+,30-,31-,32-,33+,34-,35-,36-,37-,38+/m1/s1. The van der Waals surface area contributed by atoms with Gasteiger partial charge in [-0.1, -0.05) is 77.2 Å². The first-order valence-corrected chi connectivity index (χ1v) is 20.7. The van der Waals surface area contributed by atoms with Crippen LogP contribution < -0.4 is 21.9 Å². The number of nitrogens with one attached hydrogen (secondary N) is 3. The Labute approximate surface area is 342 Å². The molecule has 20 heteroatoms. The lowest BCUT2D eigenvalue weighted by Crippen LogP contribution is -2.68. The summed E-state index contributed by atoms with van der Waals surface area (Å²) in [5, 5.41) is 91.4. The highest BCUT2D eigenvalue weighted by Gasteiger charge is 2.53. The van der Waals surface area contributed by atoms with Gasteiger partial charge in [-0.3, -0.25) is 23.9 Å². The molecule has 20 nitrogen and oxygen atoms in total. The van der Waals surface area contributed by atoms with Crippen LogP contribution in [0, 0.1) is 0 Å². The first-order chi connectivity index (χ1) is 28.2. The van der Waals surface area contributed by atoms with Crippen molar-refractivity contribution in [3.05, 3.63) is 45.3 Å². The molecule has 4 rings (SSSR count). The van der Waals surface area contributed by atoms with Crippen molar-refractivity contribution >= 4 is 11.8 Å². The van der Waals surface area contributed by atoms with E-state index in [4.69, 9.17) is 18.9 Å². The number of allylic oxidation sites excluding steroid dienone is 1. The van der Waals surface area contributed by atoms with Gasteiger partial charge in [-0.2, -0.15) is 0 Å². The predicted molar refractivity (Wildman–Crippen MR) is 207 cm³/mol. The Balaban J connectivity index is 1.44. The largest absolute Gasteiger partial charge is 0.394 e. The fourth-order valence-electron chi connectivity index (χ4n) is 7.68. The highest BCUT2D eigenvalue weighted by molar-refractivity contribution is 5.87. The molecule has 2 amide bonds. The number of aromatic nitrogens is 2. The maximum absolute atomic E-state index is 13.1. The Bertz CT molecular complexity index is 1590. The zero-order valence-corrected chi connectivity index (χ0v) is 33.7. The number of aromatic amines is 1. The van der Waals surface area contributed by atoms with Crippen LogP contribution in [0.15, 0.2) is 34.0 Å². The molecule has 3 fully saturated rings. The molecule has 1 aromatic heterocycles. The van der Waals surface area contributed by atoms with Gasteiger partial charge in [0.15, 0.2) is 18.8 Å². The van der Waals surface area contributed by atoms with Gasteiger partial charge in [0.2, 0.25) is 11.8 Å². The summed E-state index contributed by atoms with van der Waals surface area (Å²) in [5.41, 5.74) is -1.68. The molecule has 3 saturated heterocycles. The molecule has 3 aliphatic heterocycles. The fourth-order valence-corrected chi connectivity index (χ4v) is 7.68. The van der Waals surface area contributed by atoms with Gasteiger partial charge in [-0.15, -0.1) is 0 Å². The minimum atomic E-state index is -1.85. The van der Waals surface area contributed by atoms with E-state index in [9.17, 15) is 60.0 Å². The van der Waals surface area contributed by atoms with Crippen molar-refractivity contribution in [3.63, 3.8) is 0 Å². The van der Waals surface area contributed by atoms with E-state index < -0.39 is 128 Å². The van der Waals surface area contributed by atoms with Crippen LogP contribution in [0.2, 0.25) is 0 Å². The molecule has 3 aliphatic rings. The molecule has 1 aromatic rings. The molecular formula is C39H64N4O16. The summed E-state index contributed by atoms with van der Waals surface area (Å²) in [7, 11) is 0.